The molecule has 4 N–H and O–H groups in total. The molecule has 0 aromatic carbocycles. The zero-order chi connectivity index (χ0) is 15.7. The third-order valence-electron chi connectivity index (χ3n) is 5.13. The van der Waals surface area contributed by atoms with E-state index in [0.717, 1.165) is 38.5 Å². The third-order valence-corrected chi connectivity index (χ3v) is 5.13. The van der Waals surface area contributed by atoms with Crippen LogP contribution in [0.25, 0.3) is 0 Å². The molecule has 2 nitrogen and oxygen atoms in total. The molecule has 1 aliphatic rings. The lowest BCUT2D eigenvalue weighted by Gasteiger charge is -2.51. The van der Waals surface area contributed by atoms with Gasteiger partial charge in [-0.2, -0.15) is 0 Å². The summed E-state index contributed by atoms with van der Waals surface area (Å²) in [5.41, 5.74) is 14.1. The van der Waals surface area contributed by atoms with Gasteiger partial charge >= 0.3 is 0 Å². The van der Waals surface area contributed by atoms with Crippen LogP contribution in [0.15, 0.2) is 0 Å². The molecule has 0 bridgehead atoms. The molecular weight excluding hydrogens is 244 g/mol. The third kappa shape index (κ3) is 5.04. The molecule has 0 aromatic heterocycles. The van der Waals surface area contributed by atoms with Gasteiger partial charge in [0.1, 0.15) is 0 Å². The second-order valence-electron chi connectivity index (χ2n) is 9.64. The van der Waals surface area contributed by atoms with Gasteiger partial charge in [0.15, 0.2) is 0 Å². The Morgan fingerprint density at radius 3 is 1.25 bits per heavy atom. The van der Waals surface area contributed by atoms with Crippen LogP contribution in [-0.2, 0) is 0 Å². The maximum absolute atomic E-state index is 6.85. The fraction of sp³-hybridized carbons (Fsp3) is 1.00. The Balaban J connectivity index is 2.78. The molecule has 2 heteroatoms. The van der Waals surface area contributed by atoms with E-state index >= 15 is 0 Å². The Labute approximate surface area is 127 Å². The molecule has 1 fully saturated rings. The van der Waals surface area contributed by atoms with Crippen molar-refractivity contribution in [1.82, 2.24) is 0 Å². The molecule has 20 heavy (non-hydrogen) atoms. The van der Waals surface area contributed by atoms with Crippen molar-refractivity contribution in [1.29, 1.82) is 0 Å². The summed E-state index contributed by atoms with van der Waals surface area (Å²) in [6.07, 6.45) is 9.15. The molecule has 120 valence electrons. The summed E-state index contributed by atoms with van der Waals surface area (Å²) in [5, 5.41) is 0. The molecule has 0 aromatic rings. The molecule has 2 unspecified atom stereocenters. The highest BCUT2D eigenvalue weighted by Gasteiger charge is 2.47. The summed E-state index contributed by atoms with van der Waals surface area (Å²) in [7, 11) is 0. The van der Waals surface area contributed by atoms with Crippen LogP contribution in [0.4, 0.5) is 0 Å². The average molecular weight is 283 g/mol. The molecule has 0 spiro atoms. The first kappa shape index (κ1) is 18.0. The molecule has 0 saturated heterocycles. The van der Waals surface area contributed by atoms with Gasteiger partial charge in [0.2, 0.25) is 0 Å². The Kier molecular flexibility index (Phi) is 5.36. The van der Waals surface area contributed by atoms with Gasteiger partial charge in [-0.3, -0.25) is 0 Å². The van der Waals surface area contributed by atoms with Crippen LogP contribution in [-0.4, -0.2) is 11.1 Å². The predicted molar refractivity (Wildman–Crippen MR) is 89.7 cm³/mol. The van der Waals surface area contributed by atoms with Crippen LogP contribution >= 0.6 is 0 Å². The second-order valence-corrected chi connectivity index (χ2v) is 9.64. The first-order chi connectivity index (χ1) is 8.87. The van der Waals surface area contributed by atoms with Crippen LogP contribution in [0, 0.1) is 10.8 Å². The van der Waals surface area contributed by atoms with Crippen molar-refractivity contribution in [2.45, 2.75) is 104 Å². The topological polar surface area (TPSA) is 52.0 Å². The number of nitrogens with two attached hydrogens (primary N) is 2. The minimum atomic E-state index is -0.163. The Bertz CT molecular complexity index is 278. The van der Waals surface area contributed by atoms with Crippen molar-refractivity contribution < 1.29 is 0 Å². The SMILES string of the molecule is CC(C)(C)CCC1(N)CCCCC1(N)CCC(C)(C)C. The van der Waals surface area contributed by atoms with Crippen LogP contribution in [0.2, 0.25) is 0 Å². The molecular formula is C18H38N2. The first-order valence-corrected chi connectivity index (χ1v) is 8.45. The summed E-state index contributed by atoms with van der Waals surface area (Å²) in [5.74, 6) is 0. The summed E-state index contributed by atoms with van der Waals surface area (Å²) in [6.45, 7) is 13.8. The normalized spacial score (nSPS) is 32.4. The van der Waals surface area contributed by atoms with Gasteiger partial charge in [-0.1, -0.05) is 54.4 Å². The summed E-state index contributed by atoms with van der Waals surface area (Å²) in [4.78, 5) is 0. The lowest BCUT2D eigenvalue weighted by molar-refractivity contribution is 0.101. The van der Waals surface area contributed by atoms with E-state index in [4.69, 9.17) is 11.5 Å². The molecule has 1 aliphatic carbocycles. The van der Waals surface area contributed by atoms with E-state index in [1.54, 1.807) is 0 Å². The van der Waals surface area contributed by atoms with E-state index in [2.05, 4.69) is 41.5 Å². The Morgan fingerprint density at radius 1 is 0.700 bits per heavy atom. The molecule has 2 atom stereocenters. The molecule has 0 aliphatic heterocycles. The number of hydrogen-bond donors (Lipinski definition) is 2. The molecule has 1 rings (SSSR count). The van der Waals surface area contributed by atoms with E-state index in [1.165, 1.54) is 12.8 Å². The lowest BCUT2D eigenvalue weighted by Crippen LogP contribution is -2.67. The van der Waals surface area contributed by atoms with Gasteiger partial charge < -0.3 is 11.5 Å². The molecule has 0 amide bonds. The maximum atomic E-state index is 6.85. The van der Waals surface area contributed by atoms with Gasteiger partial charge in [0, 0.05) is 11.1 Å². The van der Waals surface area contributed by atoms with Gasteiger partial charge in [-0.15, -0.1) is 0 Å². The summed E-state index contributed by atoms with van der Waals surface area (Å²) >= 11 is 0. The monoisotopic (exact) mass is 282 g/mol. The van der Waals surface area contributed by atoms with E-state index in [9.17, 15) is 0 Å². The van der Waals surface area contributed by atoms with Crippen LogP contribution in [0.3, 0.4) is 0 Å². The van der Waals surface area contributed by atoms with Crippen LogP contribution in [0.1, 0.15) is 92.9 Å². The van der Waals surface area contributed by atoms with Crippen molar-refractivity contribution in [2.75, 3.05) is 0 Å². The van der Waals surface area contributed by atoms with Crippen molar-refractivity contribution in [2.24, 2.45) is 22.3 Å². The largest absolute Gasteiger partial charge is 0.324 e. The van der Waals surface area contributed by atoms with Crippen molar-refractivity contribution in [3.8, 4) is 0 Å². The summed E-state index contributed by atoms with van der Waals surface area (Å²) in [6, 6.07) is 0. The van der Waals surface area contributed by atoms with Crippen LogP contribution < -0.4 is 11.5 Å². The van der Waals surface area contributed by atoms with Gasteiger partial charge in [-0.25, -0.2) is 0 Å². The molecule has 0 radical (unpaired) electrons. The fourth-order valence-electron chi connectivity index (χ4n) is 3.32. The fourth-order valence-corrected chi connectivity index (χ4v) is 3.32. The van der Waals surface area contributed by atoms with Gasteiger partial charge in [0.05, 0.1) is 0 Å². The predicted octanol–water partition coefficient (Wildman–Crippen LogP) is 4.61. The minimum absolute atomic E-state index is 0.163. The zero-order valence-corrected chi connectivity index (χ0v) is 14.8. The Hall–Kier alpha value is -0.0800. The quantitative estimate of drug-likeness (QED) is 0.791. The van der Waals surface area contributed by atoms with Crippen molar-refractivity contribution in [3.63, 3.8) is 0 Å². The van der Waals surface area contributed by atoms with Crippen molar-refractivity contribution >= 4 is 0 Å². The Morgan fingerprint density at radius 2 is 1.00 bits per heavy atom. The van der Waals surface area contributed by atoms with E-state index in [0.29, 0.717) is 10.8 Å². The van der Waals surface area contributed by atoms with E-state index < -0.39 is 0 Å². The highest BCUT2D eigenvalue weighted by molar-refractivity contribution is 5.09. The molecule has 0 heterocycles. The maximum Gasteiger partial charge on any atom is 0.0337 e. The summed E-state index contributed by atoms with van der Waals surface area (Å²) < 4.78 is 0. The highest BCUT2D eigenvalue weighted by Crippen LogP contribution is 2.43. The van der Waals surface area contributed by atoms with Gasteiger partial charge in [0.25, 0.3) is 0 Å². The molecule has 1 saturated carbocycles. The average Bonchev–Trinajstić information content (AvgIpc) is 2.27. The lowest BCUT2D eigenvalue weighted by atomic mass is 9.62. The number of hydrogen-bond acceptors (Lipinski definition) is 2. The first-order valence-electron chi connectivity index (χ1n) is 8.45. The smallest absolute Gasteiger partial charge is 0.0337 e. The minimum Gasteiger partial charge on any atom is -0.324 e. The highest BCUT2D eigenvalue weighted by atomic mass is 14.9. The zero-order valence-electron chi connectivity index (χ0n) is 14.8. The number of rotatable bonds is 4. The van der Waals surface area contributed by atoms with Crippen molar-refractivity contribution in [3.05, 3.63) is 0 Å². The van der Waals surface area contributed by atoms with Crippen LogP contribution in [0.5, 0.6) is 0 Å². The second kappa shape index (κ2) is 5.96. The standard InChI is InChI=1S/C18H38N2/c1-15(2,3)11-13-17(19)9-7-8-10-18(17,20)14-12-16(4,5)6/h7-14,19-20H2,1-6H3. The van der Waals surface area contributed by atoms with E-state index in [-0.39, 0.29) is 11.1 Å². The van der Waals surface area contributed by atoms with Gasteiger partial charge in [-0.05, 0) is 49.4 Å². The van der Waals surface area contributed by atoms with E-state index in [1.807, 2.05) is 0 Å².